The van der Waals surface area contributed by atoms with Gasteiger partial charge in [0.15, 0.2) is 0 Å². The largest absolute Gasteiger partial charge is 0.487 e. The van der Waals surface area contributed by atoms with E-state index < -0.39 is 18.0 Å². The number of carbonyl (C=O) groups excluding carboxylic acids is 1. The van der Waals surface area contributed by atoms with Gasteiger partial charge in [0.25, 0.3) is 5.91 Å². The normalized spacial score (nSPS) is 25.5. The highest BCUT2D eigenvalue weighted by Gasteiger charge is 2.46. The van der Waals surface area contributed by atoms with Crippen molar-refractivity contribution < 1.29 is 19.0 Å². The molecule has 0 spiro atoms. The predicted molar refractivity (Wildman–Crippen MR) is 93.4 cm³/mol. The minimum absolute atomic E-state index is 0.263. The number of halogens is 1. The summed E-state index contributed by atoms with van der Waals surface area (Å²) in [7, 11) is 5.41. The van der Waals surface area contributed by atoms with Crippen LogP contribution in [0.3, 0.4) is 0 Å². The number of benzene rings is 1. The van der Waals surface area contributed by atoms with Gasteiger partial charge in [0, 0.05) is 19.5 Å². The van der Waals surface area contributed by atoms with Crippen molar-refractivity contribution in [3.05, 3.63) is 48.3 Å². The monoisotopic (exact) mass is 362 g/mol. The van der Waals surface area contributed by atoms with Crippen molar-refractivity contribution in [2.45, 2.75) is 30.7 Å². The van der Waals surface area contributed by atoms with E-state index in [0.717, 1.165) is 0 Å². The number of nitrogens with one attached hydrogen (secondary N) is 1. The number of likely N-dealkylation sites (N-methyl/N-ethyl adjacent to an activating group) is 1. The number of rotatable bonds is 5. The molecule has 1 saturated carbocycles. The van der Waals surface area contributed by atoms with Gasteiger partial charge < -0.3 is 24.6 Å². The number of carbonyl (C=O) groups is 1. The average molecular weight is 362 g/mol. The van der Waals surface area contributed by atoms with Crippen molar-refractivity contribution in [1.82, 2.24) is 19.8 Å². The first-order chi connectivity index (χ1) is 12.4. The molecule has 1 amide bonds. The van der Waals surface area contributed by atoms with Crippen molar-refractivity contribution in [2.24, 2.45) is 7.05 Å². The molecule has 140 valence electrons. The number of amides is 1. The smallest absolute Gasteiger partial charge is 0.269 e. The fourth-order valence-corrected chi connectivity index (χ4v) is 3.45. The van der Waals surface area contributed by atoms with Gasteiger partial charge in [-0.05, 0) is 26.2 Å². The lowest BCUT2D eigenvalue weighted by molar-refractivity contribution is 0.0209. The summed E-state index contributed by atoms with van der Waals surface area (Å²) < 4.78 is 20.8. The van der Waals surface area contributed by atoms with E-state index >= 15 is 0 Å². The summed E-state index contributed by atoms with van der Waals surface area (Å²) in [5, 5.41) is 13.6. The first-order valence-electron chi connectivity index (χ1n) is 8.40. The van der Waals surface area contributed by atoms with Crippen LogP contribution in [-0.4, -0.2) is 63.9 Å². The Hall–Kier alpha value is -2.45. The van der Waals surface area contributed by atoms with Crippen LogP contribution < -0.4 is 10.1 Å². The van der Waals surface area contributed by atoms with E-state index in [4.69, 9.17) is 4.74 Å². The second-order valence-corrected chi connectivity index (χ2v) is 6.76. The van der Waals surface area contributed by atoms with E-state index in [1.165, 1.54) is 18.3 Å². The molecule has 7 nitrogen and oxygen atoms in total. The Morgan fingerprint density at radius 1 is 1.46 bits per heavy atom. The highest BCUT2D eigenvalue weighted by Crippen LogP contribution is 2.28. The van der Waals surface area contributed by atoms with Crippen molar-refractivity contribution in [3.63, 3.8) is 0 Å². The van der Waals surface area contributed by atoms with E-state index in [0.29, 0.717) is 17.9 Å². The predicted octanol–water partition coefficient (Wildman–Crippen LogP) is 0.800. The van der Waals surface area contributed by atoms with Crippen molar-refractivity contribution in [1.29, 1.82) is 0 Å². The van der Waals surface area contributed by atoms with Gasteiger partial charge >= 0.3 is 0 Å². The second kappa shape index (κ2) is 7.43. The molecule has 2 aromatic rings. The molecular formula is C18H23FN4O3. The average Bonchev–Trinajstić information content (AvgIpc) is 3.11. The molecule has 1 heterocycles. The first kappa shape index (κ1) is 18.3. The van der Waals surface area contributed by atoms with Crippen LogP contribution in [0.2, 0.25) is 0 Å². The van der Waals surface area contributed by atoms with Crippen LogP contribution >= 0.6 is 0 Å². The third kappa shape index (κ3) is 3.71. The Balaban J connectivity index is 1.74. The summed E-state index contributed by atoms with van der Waals surface area (Å²) in [4.78, 5) is 18.3. The lowest BCUT2D eigenvalue weighted by Gasteiger charge is -2.29. The fraction of sp³-hybridized carbons (Fsp3) is 0.444. The zero-order valence-corrected chi connectivity index (χ0v) is 15.0. The number of nitrogens with zero attached hydrogens (tertiary/aromatic N) is 3. The summed E-state index contributed by atoms with van der Waals surface area (Å²) in [6.45, 7) is 0. The van der Waals surface area contributed by atoms with Crippen LogP contribution in [0.4, 0.5) is 4.39 Å². The molecule has 0 aliphatic heterocycles. The molecule has 2 N–H and O–H groups in total. The van der Waals surface area contributed by atoms with Crippen molar-refractivity contribution >= 4 is 5.91 Å². The van der Waals surface area contributed by atoms with Gasteiger partial charge in [-0.15, -0.1) is 0 Å². The van der Waals surface area contributed by atoms with Crippen LogP contribution in [0, 0.1) is 5.82 Å². The van der Waals surface area contributed by atoms with Gasteiger partial charge in [0.05, 0.1) is 24.6 Å². The third-order valence-corrected chi connectivity index (χ3v) is 4.67. The summed E-state index contributed by atoms with van der Waals surface area (Å²) >= 11 is 0. The number of aliphatic hydroxyl groups is 1. The molecule has 4 atom stereocenters. The minimum Gasteiger partial charge on any atom is -0.487 e. The van der Waals surface area contributed by atoms with Crippen LogP contribution in [0.15, 0.2) is 36.8 Å². The highest BCUT2D eigenvalue weighted by atomic mass is 19.1. The quantitative estimate of drug-likeness (QED) is 0.823. The van der Waals surface area contributed by atoms with E-state index in [1.54, 1.807) is 30.1 Å². The topological polar surface area (TPSA) is 79.6 Å². The number of hydrogen-bond donors (Lipinski definition) is 2. The molecule has 1 aromatic carbocycles. The van der Waals surface area contributed by atoms with Crippen LogP contribution in [-0.2, 0) is 7.05 Å². The minimum atomic E-state index is -0.829. The molecule has 1 fully saturated rings. The van der Waals surface area contributed by atoms with Crippen LogP contribution in [0.1, 0.15) is 16.9 Å². The van der Waals surface area contributed by atoms with Crippen LogP contribution in [0.25, 0.3) is 0 Å². The Morgan fingerprint density at radius 2 is 2.23 bits per heavy atom. The Labute approximate surface area is 151 Å². The van der Waals surface area contributed by atoms with E-state index in [2.05, 4.69) is 10.3 Å². The van der Waals surface area contributed by atoms with Gasteiger partial charge in [-0.25, -0.2) is 9.37 Å². The van der Waals surface area contributed by atoms with Crippen molar-refractivity contribution in [3.8, 4) is 5.75 Å². The Kier molecular flexibility index (Phi) is 5.24. The second-order valence-electron chi connectivity index (χ2n) is 6.76. The standard InChI is InChI=1S/C18H23FN4O3/c1-22(2)16-13(21-18(25)14-9-20-10-23(14)3)8-15(17(16)24)26-12-6-4-5-11(19)7-12/h4-7,9-10,13,15-17,24H,8H2,1-3H3,(H,21,25)/t13-,15-,16+,17+/m1/s1. The maximum Gasteiger partial charge on any atom is 0.269 e. The SMILES string of the molecule is CN(C)[C@@H]1[C@@H](O)[C@H](Oc2cccc(F)c2)C[C@H]1NC(=O)c1cncn1C. The van der Waals surface area contributed by atoms with E-state index in [9.17, 15) is 14.3 Å². The fourth-order valence-electron chi connectivity index (χ4n) is 3.45. The molecule has 26 heavy (non-hydrogen) atoms. The van der Waals surface area contributed by atoms with Gasteiger partial charge in [-0.3, -0.25) is 4.79 Å². The lowest BCUT2D eigenvalue weighted by Crippen LogP contribution is -2.51. The summed E-state index contributed by atoms with van der Waals surface area (Å²) in [6.07, 6.45) is 2.07. The highest BCUT2D eigenvalue weighted by molar-refractivity contribution is 5.92. The van der Waals surface area contributed by atoms with Crippen molar-refractivity contribution in [2.75, 3.05) is 14.1 Å². The molecule has 0 unspecified atom stereocenters. The zero-order valence-electron chi connectivity index (χ0n) is 15.0. The maximum absolute atomic E-state index is 13.4. The zero-order chi connectivity index (χ0) is 18.8. The van der Waals surface area contributed by atoms with Crippen LogP contribution in [0.5, 0.6) is 5.75 Å². The number of imidazole rings is 1. The van der Waals surface area contributed by atoms with E-state index in [-0.39, 0.29) is 18.0 Å². The molecule has 3 rings (SSSR count). The first-order valence-corrected chi connectivity index (χ1v) is 8.40. The van der Waals surface area contributed by atoms with Gasteiger partial charge in [0.2, 0.25) is 0 Å². The lowest BCUT2D eigenvalue weighted by atomic mass is 10.1. The molecule has 1 aliphatic rings. The number of aliphatic hydroxyl groups excluding tert-OH is 1. The molecule has 0 saturated heterocycles. The molecular weight excluding hydrogens is 339 g/mol. The van der Waals surface area contributed by atoms with Gasteiger partial charge in [-0.1, -0.05) is 6.07 Å². The number of aryl methyl sites for hydroxylation is 1. The summed E-state index contributed by atoms with van der Waals surface area (Å²) in [5.74, 6) is -0.314. The Morgan fingerprint density at radius 3 is 2.85 bits per heavy atom. The molecule has 0 bridgehead atoms. The maximum atomic E-state index is 13.4. The number of hydrogen-bond acceptors (Lipinski definition) is 5. The molecule has 1 aromatic heterocycles. The number of ether oxygens (including phenoxy) is 1. The molecule has 0 radical (unpaired) electrons. The van der Waals surface area contributed by atoms with Gasteiger partial charge in [0.1, 0.15) is 29.5 Å². The third-order valence-electron chi connectivity index (χ3n) is 4.67. The van der Waals surface area contributed by atoms with E-state index in [1.807, 2.05) is 19.0 Å². The summed E-state index contributed by atoms with van der Waals surface area (Å²) in [6, 6.07) is 5.15. The molecule has 8 heteroatoms. The Bertz CT molecular complexity index is 779. The number of aromatic nitrogens is 2. The molecule has 1 aliphatic carbocycles. The summed E-state index contributed by atoms with van der Waals surface area (Å²) in [5.41, 5.74) is 0.437. The van der Waals surface area contributed by atoms with Gasteiger partial charge in [-0.2, -0.15) is 0 Å².